The molecule has 0 fully saturated rings. The largest absolute Gasteiger partial charge is 0.378 e. The molecule has 3 heterocycles. The number of para-hydroxylation sites is 2. The Labute approximate surface area is 226 Å². The zero-order valence-electron chi connectivity index (χ0n) is 22.0. The zero-order valence-corrected chi connectivity index (χ0v) is 22.0. The summed E-state index contributed by atoms with van der Waals surface area (Å²) < 4.78 is 18.6. The van der Waals surface area contributed by atoms with Gasteiger partial charge in [-0.05, 0) is 61.0 Å². The Hall–Kier alpha value is -4.85. The summed E-state index contributed by atoms with van der Waals surface area (Å²) >= 11 is 0. The van der Waals surface area contributed by atoms with Crippen LogP contribution in [0.4, 0.5) is 20.6 Å². The first kappa shape index (κ1) is 24.5. The van der Waals surface area contributed by atoms with E-state index in [0.717, 1.165) is 39.7 Å². The van der Waals surface area contributed by atoms with Crippen molar-refractivity contribution in [2.75, 3.05) is 24.3 Å². The number of carbonyl (C=O) groups excluding carboxylic acids is 1. The molecule has 2 amide bonds. The number of rotatable bonds is 4. The average Bonchev–Trinajstić information content (AvgIpc) is 3.51. The first-order valence-corrected chi connectivity index (χ1v) is 12.8. The van der Waals surface area contributed by atoms with E-state index in [0.29, 0.717) is 0 Å². The number of fused-ring (bicyclic) bond motifs is 3. The van der Waals surface area contributed by atoms with E-state index in [1.54, 1.807) is 23.1 Å². The summed E-state index contributed by atoms with van der Waals surface area (Å²) in [7, 11) is 3.99. The fourth-order valence-electron chi connectivity index (χ4n) is 5.20. The maximum atomic E-state index is 14.6. The van der Waals surface area contributed by atoms with Crippen molar-refractivity contribution in [3.63, 3.8) is 0 Å². The van der Waals surface area contributed by atoms with Crippen LogP contribution in [0.5, 0.6) is 0 Å². The Balaban J connectivity index is 1.53. The molecule has 1 atom stereocenters. The zero-order chi connectivity index (χ0) is 27.1. The van der Waals surface area contributed by atoms with Gasteiger partial charge in [-0.3, -0.25) is 0 Å². The lowest BCUT2D eigenvalue weighted by Crippen LogP contribution is -2.38. The fourth-order valence-corrected chi connectivity index (χ4v) is 5.20. The molecule has 1 aliphatic rings. The van der Waals surface area contributed by atoms with Crippen LogP contribution in [0.3, 0.4) is 0 Å². The normalized spacial score (nSPS) is 14.4. The van der Waals surface area contributed by atoms with Crippen LogP contribution in [0.2, 0.25) is 0 Å². The van der Waals surface area contributed by atoms with Gasteiger partial charge in [-0.2, -0.15) is 5.10 Å². The third-order valence-electron chi connectivity index (χ3n) is 7.19. The van der Waals surface area contributed by atoms with Gasteiger partial charge < -0.3 is 19.7 Å². The topological polar surface area (TPSA) is 58.3 Å². The molecule has 0 radical (unpaired) electrons. The molecular formula is C31H29FN6O. The molecule has 2 aromatic heterocycles. The molecule has 7 nitrogen and oxygen atoms in total. The number of hydrogen-bond donors (Lipinski definition) is 1. The molecule has 5 aromatic rings. The molecule has 0 saturated heterocycles. The predicted octanol–water partition coefficient (Wildman–Crippen LogP) is 6.31. The van der Waals surface area contributed by atoms with Crippen molar-refractivity contribution in [3.8, 4) is 11.5 Å². The number of amides is 2. The molecule has 39 heavy (non-hydrogen) atoms. The van der Waals surface area contributed by atoms with Crippen LogP contribution in [0.1, 0.15) is 28.6 Å². The molecule has 6 rings (SSSR count). The lowest BCUT2D eigenvalue weighted by molar-refractivity contribution is 0.194. The summed E-state index contributed by atoms with van der Waals surface area (Å²) in [5.74, 6) is 0.402. The van der Waals surface area contributed by atoms with Crippen molar-refractivity contribution in [3.05, 3.63) is 126 Å². The second-order valence-corrected chi connectivity index (χ2v) is 9.86. The van der Waals surface area contributed by atoms with Gasteiger partial charge in [0.2, 0.25) is 0 Å². The van der Waals surface area contributed by atoms with Gasteiger partial charge in [0.25, 0.3) is 0 Å². The Morgan fingerprint density at radius 1 is 0.949 bits per heavy atom. The third-order valence-corrected chi connectivity index (χ3v) is 7.19. The van der Waals surface area contributed by atoms with Gasteiger partial charge in [-0.1, -0.05) is 42.5 Å². The number of aryl methyl sites for hydroxylation is 1. The van der Waals surface area contributed by atoms with E-state index in [1.807, 2.05) is 104 Å². The van der Waals surface area contributed by atoms with Gasteiger partial charge >= 0.3 is 6.03 Å². The number of benzene rings is 3. The summed E-state index contributed by atoms with van der Waals surface area (Å²) in [6, 6.07) is 27.6. The summed E-state index contributed by atoms with van der Waals surface area (Å²) in [4.78, 5) is 17.8. The van der Waals surface area contributed by atoms with Crippen LogP contribution in [-0.4, -0.2) is 39.4 Å². The third kappa shape index (κ3) is 4.33. The summed E-state index contributed by atoms with van der Waals surface area (Å²) in [5.41, 5.74) is 5.73. The predicted molar refractivity (Wildman–Crippen MR) is 151 cm³/mol. The summed E-state index contributed by atoms with van der Waals surface area (Å²) in [5, 5.41) is 7.69. The maximum Gasteiger partial charge on any atom is 0.323 e. The second-order valence-electron chi connectivity index (χ2n) is 9.86. The fraction of sp³-hybridized carbons (Fsp3) is 0.161. The van der Waals surface area contributed by atoms with Crippen molar-refractivity contribution < 1.29 is 9.18 Å². The van der Waals surface area contributed by atoms with Crippen molar-refractivity contribution >= 4 is 17.4 Å². The van der Waals surface area contributed by atoms with E-state index in [9.17, 15) is 9.18 Å². The van der Waals surface area contributed by atoms with Crippen molar-refractivity contribution in [2.24, 2.45) is 0 Å². The molecule has 0 bridgehead atoms. The van der Waals surface area contributed by atoms with Crippen LogP contribution in [0.25, 0.3) is 11.5 Å². The highest BCUT2D eigenvalue weighted by molar-refractivity contribution is 5.90. The van der Waals surface area contributed by atoms with Gasteiger partial charge in [0.15, 0.2) is 0 Å². The average molecular weight is 521 g/mol. The first-order valence-electron chi connectivity index (χ1n) is 12.8. The monoisotopic (exact) mass is 520 g/mol. The molecule has 3 aromatic carbocycles. The van der Waals surface area contributed by atoms with E-state index in [4.69, 9.17) is 5.10 Å². The highest BCUT2D eigenvalue weighted by atomic mass is 19.1. The van der Waals surface area contributed by atoms with E-state index in [-0.39, 0.29) is 12.2 Å². The minimum absolute atomic E-state index is 0.140. The van der Waals surface area contributed by atoms with Gasteiger partial charge in [-0.25, -0.2) is 13.9 Å². The van der Waals surface area contributed by atoms with Crippen LogP contribution in [0, 0.1) is 12.7 Å². The minimum Gasteiger partial charge on any atom is -0.378 e. The summed E-state index contributed by atoms with van der Waals surface area (Å²) in [6.45, 7) is 2.25. The van der Waals surface area contributed by atoms with Gasteiger partial charge in [0.1, 0.15) is 11.6 Å². The standard InChI is InChI=1S/C31H29FN6O/c1-21-25-20-37(31(39)33-27-13-8-7-12-26(27)32)29(22-15-17-23(18-16-22)35(2)3)28-14-9-19-36(28)30(25)38(34-21)24-10-5-4-6-11-24/h4-19,29H,20H2,1-3H3,(H,33,39). The number of aromatic nitrogens is 3. The Bertz CT molecular complexity index is 1640. The van der Waals surface area contributed by atoms with Gasteiger partial charge in [0, 0.05) is 31.5 Å². The number of anilines is 2. The highest BCUT2D eigenvalue weighted by Gasteiger charge is 2.36. The van der Waals surface area contributed by atoms with E-state index >= 15 is 0 Å². The van der Waals surface area contributed by atoms with E-state index in [1.165, 1.54) is 6.07 Å². The second kappa shape index (κ2) is 9.79. The summed E-state index contributed by atoms with van der Waals surface area (Å²) in [6.07, 6.45) is 2.01. The van der Waals surface area contributed by atoms with Crippen LogP contribution in [-0.2, 0) is 6.54 Å². The molecule has 0 spiro atoms. The highest BCUT2D eigenvalue weighted by Crippen LogP contribution is 2.39. The molecule has 1 aliphatic heterocycles. The molecular weight excluding hydrogens is 491 g/mol. The first-order chi connectivity index (χ1) is 18.9. The SMILES string of the molecule is Cc1nn(-c2ccccc2)c2c1CN(C(=O)Nc1ccccc1F)C(c1ccc(N(C)C)cc1)c1cccn1-2. The molecule has 0 aliphatic carbocycles. The molecule has 1 unspecified atom stereocenters. The Morgan fingerprint density at radius 2 is 1.67 bits per heavy atom. The smallest absolute Gasteiger partial charge is 0.323 e. The minimum atomic E-state index is -0.482. The Morgan fingerprint density at radius 3 is 2.38 bits per heavy atom. The number of urea groups is 1. The molecule has 0 saturated carbocycles. The lowest BCUT2D eigenvalue weighted by atomic mass is 10.0. The van der Waals surface area contributed by atoms with Crippen LogP contribution < -0.4 is 10.2 Å². The number of halogens is 1. The van der Waals surface area contributed by atoms with Gasteiger partial charge in [0.05, 0.1) is 35.3 Å². The molecule has 196 valence electrons. The van der Waals surface area contributed by atoms with E-state index < -0.39 is 17.9 Å². The van der Waals surface area contributed by atoms with Crippen molar-refractivity contribution in [1.82, 2.24) is 19.2 Å². The van der Waals surface area contributed by atoms with Crippen molar-refractivity contribution in [2.45, 2.75) is 19.5 Å². The van der Waals surface area contributed by atoms with Crippen molar-refractivity contribution in [1.29, 1.82) is 0 Å². The number of hydrogen-bond acceptors (Lipinski definition) is 3. The van der Waals surface area contributed by atoms with Crippen LogP contribution in [0.15, 0.2) is 97.2 Å². The van der Waals surface area contributed by atoms with Crippen LogP contribution >= 0.6 is 0 Å². The Kier molecular flexibility index (Phi) is 6.15. The number of carbonyl (C=O) groups is 1. The maximum absolute atomic E-state index is 14.6. The quantitative estimate of drug-likeness (QED) is 0.302. The lowest BCUT2D eigenvalue weighted by Gasteiger charge is -2.31. The number of nitrogens with zero attached hydrogens (tertiary/aromatic N) is 5. The van der Waals surface area contributed by atoms with E-state index in [2.05, 4.69) is 9.88 Å². The molecule has 1 N–H and O–H groups in total. The van der Waals surface area contributed by atoms with Gasteiger partial charge in [-0.15, -0.1) is 0 Å². The number of nitrogens with one attached hydrogen (secondary N) is 1. The molecule has 8 heteroatoms.